The molecule has 8 heteroatoms. The summed E-state index contributed by atoms with van der Waals surface area (Å²) in [5, 5.41) is 8.04. The Morgan fingerprint density at radius 3 is 2.83 bits per heavy atom. The number of likely N-dealkylation sites (N-methyl/N-ethyl adjacent to an activating group) is 1. The molecule has 1 unspecified atom stereocenters. The Labute approximate surface area is 196 Å². The van der Waals surface area contributed by atoms with Crippen LogP contribution in [0.3, 0.4) is 0 Å². The molecule has 1 amide bonds. The maximum atomic E-state index is 11.9. The fourth-order valence-electron chi connectivity index (χ4n) is 3.54. The van der Waals surface area contributed by atoms with Crippen LogP contribution >= 0.6 is 24.0 Å². The van der Waals surface area contributed by atoms with Gasteiger partial charge in [-0.1, -0.05) is 25.1 Å². The van der Waals surface area contributed by atoms with E-state index in [9.17, 15) is 4.79 Å². The fourth-order valence-corrected chi connectivity index (χ4v) is 3.54. The van der Waals surface area contributed by atoms with Gasteiger partial charge in [-0.05, 0) is 30.4 Å². The van der Waals surface area contributed by atoms with Crippen LogP contribution in [0.5, 0.6) is 0 Å². The van der Waals surface area contributed by atoms with Crippen LogP contribution < -0.4 is 10.6 Å². The third kappa shape index (κ3) is 6.60. The van der Waals surface area contributed by atoms with Crippen LogP contribution in [0.25, 0.3) is 10.9 Å². The lowest BCUT2D eigenvalue weighted by Crippen LogP contribution is -2.41. The molecule has 2 aromatic rings. The summed E-state index contributed by atoms with van der Waals surface area (Å²) in [6, 6.07) is 6.46. The van der Waals surface area contributed by atoms with Crippen molar-refractivity contribution >= 4 is 46.7 Å². The Morgan fingerprint density at radius 1 is 1.30 bits per heavy atom. The van der Waals surface area contributed by atoms with Crippen LogP contribution in [0, 0.1) is 5.92 Å². The first-order valence-electron chi connectivity index (χ1n) is 10.5. The molecular formula is C22H34IN5O2. The third-order valence-electron chi connectivity index (χ3n) is 5.41. The number of rotatable bonds is 8. The second kappa shape index (κ2) is 12.1. The van der Waals surface area contributed by atoms with Crippen molar-refractivity contribution in [2.75, 3.05) is 46.9 Å². The lowest BCUT2D eigenvalue weighted by atomic mass is 10.1. The van der Waals surface area contributed by atoms with Gasteiger partial charge in [-0.3, -0.25) is 4.79 Å². The first-order valence-corrected chi connectivity index (χ1v) is 10.5. The predicted molar refractivity (Wildman–Crippen MR) is 133 cm³/mol. The minimum atomic E-state index is -0.0148. The van der Waals surface area contributed by atoms with Crippen LogP contribution in [-0.2, 0) is 22.4 Å². The number of guanidine groups is 1. The monoisotopic (exact) mass is 527 g/mol. The number of halogens is 1. The molecule has 1 saturated heterocycles. The average Bonchev–Trinajstić information content (AvgIpc) is 3.39. The van der Waals surface area contributed by atoms with E-state index < -0.39 is 0 Å². The van der Waals surface area contributed by atoms with Gasteiger partial charge in [0.15, 0.2) is 5.96 Å². The molecule has 0 saturated carbocycles. The van der Waals surface area contributed by atoms with Crippen molar-refractivity contribution in [2.24, 2.45) is 10.9 Å². The number of H-pyrrole nitrogens is 1. The van der Waals surface area contributed by atoms with Gasteiger partial charge in [-0.2, -0.15) is 0 Å². The number of aromatic nitrogens is 1. The summed E-state index contributed by atoms with van der Waals surface area (Å²) in [5.41, 5.74) is 3.86. The van der Waals surface area contributed by atoms with Gasteiger partial charge in [0, 0.05) is 56.8 Å². The van der Waals surface area contributed by atoms with E-state index in [0.717, 1.165) is 45.6 Å². The number of aliphatic imine (C=N–C) groups is 1. The molecule has 0 bridgehead atoms. The number of benzene rings is 1. The van der Waals surface area contributed by atoms with Gasteiger partial charge >= 0.3 is 0 Å². The van der Waals surface area contributed by atoms with Crippen molar-refractivity contribution in [1.82, 2.24) is 20.5 Å². The Morgan fingerprint density at radius 2 is 2.13 bits per heavy atom. The molecule has 1 aromatic carbocycles. The van der Waals surface area contributed by atoms with Gasteiger partial charge in [0.2, 0.25) is 5.91 Å². The summed E-state index contributed by atoms with van der Waals surface area (Å²) in [4.78, 5) is 21.4. The highest BCUT2D eigenvalue weighted by atomic mass is 127. The van der Waals surface area contributed by atoms with Crippen molar-refractivity contribution < 1.29 is 9.53 Å². The van der Waals surface area contributed by atoms with Gasteiger partial charge in [-0.15, -0.1) is 24.0 Å². The quantitative estimate of drug-likeness (QED) is 0.280. The standard InChI is InChI=1S/C22H33N5O2.HI/c1-4-17-6-5-7-19-18(13-24-21(17)19)8-10-23-22(26-14-20(28)27(2)3)25-12-16-9-11-29-15-16;/h5-7,13,16,24H,4,8-12,14-15H2,1-3H3,(H2,23,25,26);1H. The topological polar surface area (TPSA) is 81.8 Å². The molecule has 1 aliphatic heterocycles. The van der Waals surface area contributed by atoms with Crippen molar-refractivity contribution in [3.8, 4) is 0 Å². The van der Waals surface area contributed by atoms with E-state index in [1.807, 2.05) is 0 Å². The molecule has 0 aliphatic carbocycles. The molecule has 3 rings (SSSR count). The summed E-state index contributed by atoms with van der Waals surface area (Å²) in [7, 11) is 3.49. The van der Waals surface area contributed by atoms with E-state index in [1.54, 1.807) is 19.0 Å². The SMILES string of the molecule is CCc1cccc2c(CCNC(=NCC(=O)N(C)C)NCC3CCOC3)c[nH]c12.I. The zero-order valence-corrected chi connectivity index (χ0v) is 20.5. The number of aryl methyl sites for hydroxylation is 1. The Kier molecular flexibility index (Phi) is 9.90. The van der Waals surface area contributed by atoms with E-state index in [1.165, 1.54) is 22.0 Å². The maximum absolute atomic E-state index is 11.9. The summed E-state index contributed by atoms with van der Waals surface area (Å²) in [6.45, 7) is 5.46. The van der Waals surface area contributed by atoms with E-state index in [4.69, 9.17) is 4.74 Å². The van der Waals surface area contributed by atoms with Gasteiger partial charge in [0.25, 0.3) is 0 Å². The molecule has 7 nitrogen and oxygen atoms in total. The number of nitrogens with one attached hydrogen (secondary N) is 3. The van der Waals surface area contributed by atoms with E-state index >= 15 is 0 Å². The van der Waals surface area contributed by atoms with E-state index in [-0.39, 0.29) is 36.4 Å². The molecule has 1 aromatic heterocycles. The fraction of sp³-hybridized carbons (Fsp3) is 0.545. The highest BCUT2D eigenvalue weighted by Gasteiger charge is 2.16. The van der Waals surface area contributed by atoms with Crippen LogP contribution in [0.4, 0.5) is 0 Å². The number of carbonyl (C=O) groups is 1. The summed E-state index contributed by atoms with van der Waals surface area (Å²) in [5.74, 6) is 1.16. The number of hydrogen-bond donors (Lipinski definition) is 3. The summed E-state index contributed by atoms with van der Waals surface area (Å²) < 4.78 is 5.44. The van der Waals surface area contributed by atoms with E-state index in [2.05, 4.69) is 51.9 Å². The minimum Gasteiger partial charge on any atom is -0.381 e. The maximum Gasteiger partial charge on any atom is 0.243 e. The Balaban J connectivity index is 0.00000320. The normalized spacial score (nSPS) is 16.4. The average molecular weight is 527 g/mol. The molecule has 1 fully saturated rings. The first-order chi connectivity index (χ1) is 14.1. The minimum absolute atomic E-state index is 0. The number of carbonyl (C=O) groups excluding carboxylic acids is 1. The molecule has 3 N–H and O–H groups in total. The Bertz CT molecular complexity index is 843. The molecule has 166 valence electrons. The van der Waals surface area contributed by atoms with Gasteiger partial charge < -0.3 is 25.3 Å². The lowest BCUT2D eigenvalue weighted by Gasteiger charge is -2.15. The number of para-hydroxylation sites is 1. The molecule has 0 spiro atoms. The van der Waals surface area contributed by atoms with E-state index in [0.29, 0.717) is 11.9 Å². The predicted octanol–water partition coefficient (Wildman–Crippen LogP) is 2.55. The number of nitrogens with zero attached hydrogens (tertiary/aromatic N) is 2. The second-order valence-electron chi connectivity index (χ2n) is 7.75. The van der Waals surface area contributed by atoms with Crippen molar-refractivity contribution in [3.05, 3.63) is 35.5 Å². The van der Waals surface area contributed by atoms with Gasteiger partial charge in [-0.25, -0.2) is 4.99 Å². The van der Waals surface area contributed by atoms with Crippen LogP contribution in [-0.4, -0.2) is 68.7 Å². The largest absolute Gasteiger partial charge is 0.381 e. The third-order valence-corrected chi connectivity index (χ3v) is 5.41. The van der Waals surface area contributed by atoms with Crippen molar-refractivity contribution in [3.63, 3.8) is 0 Å². The van der Waals surface area contributed by atoms with Gasteiger partial charge in [0.1, 0.15) is 6.54 Å². The number of hydrogen-bond acceptors (Lipinski definition) is 3. The molecule has 0 radical (unpaired) electrons. The Hall–Kier alpha value is -1.81. The molecule has 1 aliphatic rings. The first kappa shape index (κ1) is 24.5. The van der Waals surface area contributed by atoms with Crippen molar-refractivity contribution in [2.45, 2.75) is 26.2 Å². The highest BCUT2D eigenvalue weighted by molar-refractivity contribution is 14.0. The summed E-state index contributed by atoms with van der Waals surface area (Å²) in [6.07, 6.45) is 5.05. The van der Waals surface area contributed by atoms with Crippen LogP contribution in [0.1, 0.15) is 24.5 Å². The smallest absolute Gasteiger partial charge is 0.243 e. The van der Waals surface area contributed by atoms with Gasteiger partial charge in [0.05, 0.1) is 6.61 Å². The van der Waals surface area contributed by atoms with Crippen molar-refractivity contribution in [1.29, 1.82) is 0 Å². The summed E-state index contributed by atoms with van der Waals surface area (Å²) >= 11 is 0. The second-order valence-corrected chi connectivity index (χ2v) is 7.75. The highest BCUT2D eigenvalue weighted by Crippen LogP contribution is 2.22. The lowest BCUT2D eigenvalue weighted by molar-refractivity contribution is -0.127. The molecule has 1 atom stereocenters. The molecule has 2 heterocycles. The number of aromatic amines is 1. The number of fused-ring (bicyclic) bond motifs is 1. The zero-order valence-electron chi connectivity index (χ0n) is 18.2. The number of amides is 1. The zero-order chi connectivity index (χ0) is 20.6. The molecular weight excluding hydrogens is 493 g/mol. The number of ether oxygens (including phenoxy) is 1. The molecule has 30 heavy (non-hydrogen) atoms. The van der Waals surface area contributed by atoms with Crippen LogP contribution in [0.15, 0.2) is 29.4 Å². The van der Waals surface area contributed by atoms with Crippen LogP contribution in [0.2, 0.25) is 0 Å².